The summed E-state index contributed by atoms with van der Waals surface area (Å²) in [5.74, 6) is 0.0747. The first-order chi connectivity index (χ1) is 9.82. The lowest BCUT2D eigenvalue weighted by Crippen LogP contribution is -2.40. The topological polar surface area (TPSA) is 49.4 Å². The molecule has 0 saturated carbocycles. The number of hydrogen-bond acceptors (Lipinski definition) is 3. The lowest BCUT2D eigenvalue weighted by atomic mass is 9.87. The summed E-state index contributed by atoms with van der Waals surface area (Å²) in [4.78, 5) is 24.8. The number of carbonyl (C=O) groups excluding carboxylic acids is 2. The number of carbonyl (C=O) groups is 2. The van der Waals surface area contributed by atoms with Gasteiger partial charge in [-0.25, -0.2) is 0 Å². The maximum absolute atomic E-state index is 11.5. The minimum absolute atomic E-state index is 0.0309. The predicted molar refractivity (Wildman–Crippen MR) is 84.5 cm³/mol. The van der Waals surface area contributed by atoms with Crippen molar-refractivity contribution < 1.29 is 9.59 Å². The molecule has 1 aliphatic rings. The first-order valence-corrected chi connectivity index (χ1v) is 7.38. The van der Waals surface area contributed by atoms with Crippen LogP contribution in [0.5, 0.6) is 0 Å². The highest BCUT2D eigenvalue weighted by atomic mass is 16.2. The molecule has 0 radical (unpaired) electrons. The molecule has 1 N–H and O–H groups in total. The van der Waals surface area contributed by atoms with Crippen LogP contribution in [0, 0.1) is 5.92 Å². The smallest absolute Gasteiger partial charge is 0.220 e. The van der Waals surface area contributed by atoms with E-state index >= 15 is 0 Å². The van der Waals surface area contributed by atoms with Gasteiger partial charge < -0.3 is 15.0 Å². The average Bonchev–Trinajstić information content (AvgIpc) is 2.85. The van der Waals surface area contributed by atoms with E-state index in [1.165, 1.54) is 5.56 Å². The molecule has 1 saturated heterocycles. The quantitative estimate of drug-likeness (QED) is 0.863. The van der Waals surface area contributed by atoms with Crippen LogP contribution in [-0.4, -0.2) is 31.8 Å². The van der Waals surface area contributed by atoms with E-state index in [1.807, 2.05) is 24.1 Å². The van der Waals surface area contributed by atoms with Crippen LogP contribution in [-0.2, 0) is 15.0 Å². The highest BCUT2D eigenvalue weighted by Crippen LogP contribution is 2.27. The molecule has 0 aromatic heterocycles. The number of anilines is 1. The fourth-order valence-electron chi connectivity index (χ4n) is 2.76. The molecule has 21 heavy (non-hydrogen) atoms. The van der Waals surface area contributed by atoms with Crippen LogP contribution < -0.4 is 10.2 Å². The Bertz CT molecular complexity index is 517. The zero-order chi connectivity index (χ0) is 15.6. The lowest BCUT2D eigenvalue weighted by molar-refractivity contribution is -0.119. The highest BCUT2D eigenvalue weighted by Gasteiger charge is 2.32. The number of nitrogens with zero attached hydrogens (tertiary/aromatic N) is 1. The van der Waals surface area contributed by atoms with Gasteiger partial charge in [0.25, 0.3) is 0 Å². The molecular weight excluding hydrogens is 264 g/mol. The van der Waals surface area contributed by atoms with Crippen LogP contribution in [0.15, 0.2) is 24.3 Å². The van der Waals surface area contributed by atoms with Gasteiger partial charge in [0.05, 0.1) is 6.04 Å². The first-order valence-electron chi connectivity index (χ1n) is 7.38. The fraction of sp³-hybridized carbons (Fsp3) is 0.529. The molecule has 1 amide bonds. The number of nitrogens with one attached hydrogen (secondary N) is 1. The third-order valence-corrected chi connectivity index (χ3v) is 4.22. The summed E-state index contributed by atoms with van der Waals surface area (Å²) in [7, 11) is 1.91. The SMILES string of the molecule is CN(c1ccc(C(C)(C)C)cc1)C(C=O)C1CNC(=O)C1. The van der Waals surface area contributed by atoms with Crippen LogP contribution in [0.1, 0.15) is 32.8 Å². The van der Waals surface area contributed by atoms with Gasteiger partial charge >= 0.3 is 0 Å². The Morgan fingerprint density at radius 3 is 2.33 bits per heavy atom. The molecule has 0 bridgehead atoms. The molecular formula is C17H24N2O2. The number of rotatable bonds is 4. The predicted octanol–water partition coefficient (Wildman–Crippen LogP) is 2.12. The molecule has 0 spiro atoms. The lowest BCUT2D eigenvalue weighted by Gasteiger charge is -2.30. The normalized spacial score (nSPS) is 20.0. The van der Waals surface area contributed by atoms with Gasteiger partial charge in [0, 0.05) is 31.6 Å². The Morgan fingerprint density at radius 1 is 1.29 bits per heavy atom. The number of likely N-dealkylation sites (N-methyl/N-ethyl adjacent to an activating group) is 1. The van der Waals surface area contributed by atoms with Crippen LogP contribution in [0.2, 0.25) is 0 Å². The van der Waals surface area contributed by atoms with E-state index in [0.717, 1.165) is 12.0 Å². The van der Waals surface area contributed by atoms with E-state index in [9.17, 15) is 9.59 Å². The van der Waals surface area contributed by atoms with E-state index in [4.69, 9.17) is 0 Å². The second kappa shape index (κ2) is 5.88. The minimum Gasteiger partial charge on any atom is -0.364 e. The Balaban J connectivity index is 2.16. The summed E-state index contributed by atoms with van der Waals surface area (Å²) >= 11 is 0. The second-order valence-electron chi connectivity index (χ2n) is 6.80. The molecule has 2 rings (SSSR count). The molecule has 1 heterocycles. The van der Waals surface area contributed by atoms with Crippen LogP contribution >= 0.6 is 0 Å². The van der Waals surface area contributed by atoms with E-state index in [-0.39, 0.29) is 23.3 Å². The number of aldehydes is 1. The Kier molecular flexibility index (Phi) is 4.35. The largest absolute Gasteiger partial charge is 0.364 e. The van der Waals surface area contributed by atoms with Crippen molar-refractivity contribution >= 4 is 17.9 Å². The van der Waals surface area contributed by atoms with Gasteiger partial charge in [-0.3, -0.25) is 4.79 Å². The van der Waals surface area contributed by atoms with E-state index in [1.54, 1.807) is 0 Å². The highest BCUT2D eigenvalue weighted by molar-refractivity contribution is 5.80. The van der Waals surface area contributed by atoms with Crippen molar-refractivity contribution in [2.75, 3.05) is 18.5 Å². The van der Waals surface area contributed by atoms with Gasteiger partial charge in [0.1, 0.15) is 6.29 Å². The Labute approximate surface area is 126 Å². The molecule has 1 aromatic rings. The average molecular weight is 288 g/mol. The molecule has 1 aromatic carbocycles. The van der Waals surface area contributed by atoms with Crippen LogP contribution in [0.25, 0.3) is 0 Å². The summed E-state index contributed by atoms with van der Waals surface area (Å²) in [6.07, 6.45) is 1.37. The van der Waals surface area contributed by atoms with Crippen molar-refractivity contribution in [3.8, 4) is 0 Å². The molecule has 114 valence electrons. The van der Waals surface area contributed by atoms with E-state index in [2.05, 4.69) is 38.2 Å². The summed E-state index contributed by atoms with van der Waals surface area (Å²) in [5, 5.41) is 2.80. The molecule has 2 atom stereocenters. The fourth-order valence-corrected chi connectivity index (χ4v) is 2.76. The Hall–Kier alpha value is -1.84. The van der Waals surface area contributed by atoms with Crippen molar-refractivity contribution in [2.24, 2.45) is 5.92 Å². The summed E-state index contributed by atoms with van der Waals surface area (Å²) < 4.78 is 0. The van der Waals surface area contributed by atoms with E-state index in [0.29, 0.717) is 13.0 Å². The summed E-state index contributed by atoms with van der Waals surface area (Å²) in [6, 6.07) is 8.02. The van der Waals surface area contributed by atoms with Gasteiger partial charge in [-0.2, -0.15) is 0 Å². The summed E-state index contributed by atoms with van der Waals surface area (Å²) in [6.45, 7) is 7.11. The van der Waals surface area contributed by atoms with Gasteiger partial charge in [-0.15, -0.1) is 0 Å². The van der Waals surface area contributed by atoms with Crippen molar-refractivity contribution in [3.63, 3.8) is 0 Å². The van der Waals surface area contributed by atoms with Gasteiger partial charge in [0.2, 0.25) is 5.91 Å². The number of benzene rings is 1. The van der Waals surface area contributed by atoms with E-state index < -0.39 is 0 Å². The van der Waals surface area contributed by atoms with Crippen LogP contribution in [0.4, 0.5) is 5.69 Å². The third kappa shape index (κ3) is 3.43. The zero-order valence-corrected chi connectivity index (χ0v) is 13.2. The molecule has 1 fully saturated rings. The molecule has 0 aliphatic carbocycles. The first kappa shape index (κ1) is 15.5. The summed E-state index contributed by atoms with van der Waals surface area (Å²) in [5.41, 5.74) is 2.38. The van der Waals surface area contributed by atoms with Gasteiger partial charge in [0.15, 0.2) is 0 Å². The zero-order valence-electron chi connectivity index (χ0n) is 13.2. The third-order valence-electron chi connectivity index (χ3n) is 4.22. The Morgan fingerprint density at radius 2 is 1.90 bits per heavy atom. The second-order valence-corrected chi connectivity index (χ2v) is 6.80. The number of hydrogen-bond donors (Lipinski definition) is 1. The monoisotopic (exact) mass is 288 g/mol. The minimum atomic E-state index is -0.274. The van der Waals surface area contributed by atoms with Crippen molar-refractivity contribution in [2.45, 2.75) is 38.6 Å². The maximum atomic E-state index is 11.5. The van der Waals surface area contributed by atoms with Crippen molar-refractivity contribution in [1.29, 1.82) is 0 Å². The van der Waals surface area contributed by atoms with Crippen molar-refractivity contribution in [3.05, 3.63) is 29.8 Å². The standard InChI is InChI=1S/C17H24N2O2/c1-17(2,3)13-5-7-14(8-6-13)19(4)15(11-20)12-9-16(21)18-10-12/h5-8,11-12,15H,9-10H2,1-4H3,(H,18,21). The molecule has 2 unspecified atom stereocenters. The number of amides is 1. The van der Waals surface area contributed by atoms with Gasteiger partial charge in [-0.05, 0) is 23.1 Å². The molecule has 4 heteroatoms. The van der Waals surface area contributed by atoms with Crippen LogP contribution in [0.3, 0.4) is 0 Å². The van der Waals surface area contributed by atoms with Crippen molar-refractivity contribution in [1.82, 2.24) is 5.32 Å². The van der Waals surface area contributed by atoms with Gasteiger partial charge in [-0.1, -0.05) is 32.9 Å². The maximum Gasteiger partial charge on any atom is 0.220 e. The molecule has 1 aliphatic heterocycles. The molecule has 4 nitrogen and oxygen atoms in total.